The number of carbonyl (C=O) groups is 1. The number of aromatic nitrogens is 4. The maximum atomic E-state index is 16.1. The first kappa shape index (κ1) is 37.6. The quantitative estimate of drug-likeness (QED) is 0.157. The Bertz CT molecular complexity index is 1930. The summed E-state index contributed by atoms with van der Waals surface area (Å²) in [5, 5.41) is 6.59. The summed E-state index contributed by atoms with van der Waals surface area (Å²) in [6, 6.07) is 7.20. The van der Waals surface area contributed by atoms with E-state index in [1.165, 1.54) is 31.3 Å². The Morgan fingerprint density at radius 2 is 1.83 bits per heavy atom. The molecule has 0 aliphatic carbocycles. The Hall–Kier alpha value is -3.71. The van der Waals surface area contributed by atoms with Gasteiger partial charge in [-0.3, -0.25) is 9.88 Å². The number of hydrogen-bond acceptors (Lipinski definition) is 9. The summed E-state index contributed by atoms with van der Waals surface area (Å²) in [5.41, 5.74) is 1.41. The molecule has 1 unspecified atom stereocenters. The summed E-state index contributed by atoms with van der Waals surface area (Å²) >= 11 is 12.9. The molecule has 6 heterocycles. The lowest BCUT2D eigenvalue weighted by atomic mass is 9.90. The fraction of sp³-hybridized carbons (Fsp3) is 0.538. The minimum atomic E-state index is -0.626. The topological polar surface area (TPSA) is 98.1 Å². The van der Waals surface area contributed by atoms with Crippen molar-refractivity contribution >= 4 is 46.0 Å². The van der Waals surface area contributed by atoms with Gasteiger partial charge in [0, 0.05) is 67.9 Å². The van der Waals surface area contributed by atoms with Crippen molar-refractivity contribution in [2.45, 2.75) is 90.2 Å². The van der Waals surface area contributed by atoms with E-state index in [4.69, 9.17) is 42.5 Å². The fourth-order valence-corrected chi connectivity index (χ4v) is 8.32. The third-order valence-electron chi connectivity index (χ3n) is 10.3. The van der Waals surface area contributed by atoms with Gasteiger partial charge in [-0.15, -0.1) is 0 Å². The predicted molar refractivity (Wildman–Crippen MR) is 204 cm³/mol. The van der Waals surface area contributed by atoms with Crippen molar-refractivity contribution in [3.05, 3.63) is 64.3 Å². The number of nitrogens with zero attached hydrogens (tertiary/aromatic N) is 7. The SMILES string of the molecule is C[C@@H](Oc1ccc2c(c1)c(-c1cnc(N3CC(C)(N(CCN4CCCC4)C(=O)OC(C)(C)C)C3)c(F)c1)nn2C1CCCCO1)c1c(Cl)cncc1Cl. The van der Waals surface area contributed by atoms with Crippen LogP contribution in [0.2, 0.25) is 10.0 Å². The van der Waals surface area contributed by atoms with E-state index in [9.17, 15) is 4.79 Å². The highest BCUT2D eigenvalue weighted by molar-refractivity contribution is 6.35. The maximum Gasteiger partial charge on any atom is 0.410 e. The number of anilines is 1. The van der Waals surface area contributed by atoms with Gasteiger partial charge in [-0.05, 0) is 104 Å². The van der Waals surface area contributed by atoms with Crippen LogP contribution >= 0.6 is 23.2 Å². The number of hydrogen-bond donors (Lipinski definition) is 0. The first-order valence-corrected chi connectivity index (χ1v) is 19.3. The second-order valence-electron chi connectivity index (χ2n) is 15.6. The molecule has 4 aromatic rings. The molecule has 3 aromatic heterocycles. The Morgan fingerprint density at radius 1 is 1.09 bits per heavy atom. The summed E-state index contributed by atoms with van der Waals surface area (Å²) in [6.07, 6.45) is 8.87. The molecule has 0 bridgehead atoms. The van der Waals surface area contributed by atoms with Crippen molar-refractivity contribution in [3.63, 3.8) is 0 Å². The summed E-state index contributed by atoms with van der Waals surface area (Å²) in [4.78, 5) is 28.2. The number of rotatable bonds is 10. The van der Waals surface area contributed by atoms with Gasteiger partial charge in [0.15, 0.2) is 17.9 Å². The van der Waals surface area contributed by atoms with Gasteiger partial charge in [0.25, 0.3) is 0 Å². The molecule has 0 radical (unpaired) electrons. The van der Waals surface area contributed by atoms with Gasteiger partial charge in [0.2, 0.25) is 0 Å². The van der Waals surface area contributed by atoms with Crippen molar-refractivity contribution in [1.29, 1.82) is 0 Å². The summed E-state index contributed by atoms with van der Waals surface area (Å²) in [6.45, 7) is 14.4. The van der Waals surface area contributed by atoms with Gasteiger partial charge in [0.05, 0.1) is 21.1 Å². The minimum Gasteiger partial charge on any atom is -0.486 e. The van der Waals surface area contributed by atoms with Crippen molar-refractivity contribution < 1.29 is 23.4 Å². The summed E-state index contributed by atoms with van der Waals surface area (Å²) < 4.78 is 36.3. The number of ether oxygens (including phenoxy) is 3. The van der Waals surface area contributed by atoms with Gasteiger partial charge >= 0.3 is 6.09 Å². The van der Waals surface area contributed by atoms with Crippen LogP contribution in [0, 0.1) is 5.82 Å². The highest BCUT2D eigenvalue weighted by atomic mass is 35.5. The van der Waals surface area contributed by atoms with Crippen molar-refractivity contribution in [1.82, 2.24) is 29.5 Å². The lowest BCUT2D eigenvalue weighted by Crippen LogP contribution is -2.71. The van der Waals surface area contributed by atoms with Crippen LogP contribution in [0.5, 0.6) is 5.75 Å². The monoisotopic (exact) mass is 767 g/mol. The van der Waals surface area contributed by atoms with Crippen LogP contribution in [0.25, 0.3) is 22.2 Å². The minimum absolute atomic E-state index is 0.234. The van der Waals surface area contributed by atoms with Crippen LogP contribution < -0.4 is 9.64 Å². The molecule has 7 rings (SSSR count). The molecule has 3 aliphatic rings. The van der Waals surface area contributed by atoms with Gasteiger partial charge in [-0.1, -0.05) is 23.2 Å². The molecule has 1 amide bonds. The lowest BCUT2D eigenvalue weighted by molar-refractivity contribution is -0.0365. The van der Waals surface area contributed by atoms with E-state index in [0.29, 0.717) is 58.9 Å². The number of carbonyl (C=O) groups excluding carboxylic acids is 1. The third-order valence-corrected chi connectivity index (χ3v) is 10.9. The van der Waals surface area contributed by atoms with Crippen molar-refractivity contribution in [2.24, 2.45) is 0 Å². The second kappa shape index (κ2) is 15.2. The molecule has 11 nitrogen and oxygen atoms in total. The number of likely N-dealkylation sites (tertiary alicyclic amines) is 1. The van der Waals surface area contributed by atoms with Gasteiger partial charge in [-0.2, -0.15) is 5.10 Å². The van der Waals surface area contributed by atoms with E-state index in [0.717, 1.165) is 49.8 Å². The molecule has 0 spiro atoms. The van der Waals surface area contributed by atoms with Crippen LogP contribution in [0.4, 0.5) is 15.0 Å². The standard InChI is InChI=1S/C39H48Cl2FN7O4/c1-25(34-29(40)21-43-22-30(34)41)52-27-11-12-32-28(19-27)35(45-49(32)33-10-6-9-17-51-33)26-18-31(42)36(44-20-26)47-23-39(5,24-47)48(37(50)53-38(2,3)4)16-15-46-13-7-8-14-46/h11-12,18-22,25,33H,6-10,13-17,23-24H2,1-5H3/t25-,33?/m1/s1. The first-order valence-electron chi connectivity index (χ1n) is 18.5. The van der Waals surface area contributed by atoms with Gasteiger partial charge in [-0.25, -0.2) is 18.9 Å². The molecular formula is C39H48Cl2FN7O4. The second-order valence-corrected chi connectivity index (χ2v) is 16.4. The molecule has 284 valence electrons. The smallest absolute Gasteiger partial charge is 0.410 e. The van der Waals surface area contributed by atoms with Crippen molar-refractivity contribution in [2.75, 3.05) is 50.8 Å². The van der Waals surface area contributed by atoms with Gasteiger partial charge < -0.3 is 24.0 Å². The number of halogens is 3. The number of amides is 1. The van der Waals surface area contributed by atoms with E-state index < -0.39 is 23.1 Å². The normalized spacial score (nSPS) is 19.6. The molecule has 0 saturated carbocycles. The van der Waals surface area contributed by atoms with Crippen LogP contribution in [0.1, 0.15) is 84.6 Å². The van der Waals surface area contributed by atoms with Gasteiger partial charge in [0.1, 0.15) is 23.1 Å². The number of benzene rings is 1. The molecule has 0 N–H and O–H groups in total. The average molecular weight is 769 g/mol. The largest absolute Gasteiger partial charge is 0.486 e. The molecule has 2 atom stereocenters. The predicted octanol–water partition coefficient (Wildman–Crippen LogP) is 8.69. The van der Waals surface area contributed by atoms with E-state index in [1.807, 2.05) is 67.3 Å². The van der Waals surface area contributed by atoms with E-state index >= 15 is 4.39 Å². The van der Waals surface area contributed by atoms with E-state index in [-0.39, 0.29) is 18.1 Å². The molecule has 3 saturated heterocycles. The third kappa shape index (κ3) is 8.06. The molecule has 3 fully saturated rings. The summed E-state index contributed by atoms with van der Waals surface area (Å²) in [5.74, 6) is 0.340. The van der Waals surface area contributed by atoms with Crippen LogP contribution in [-0.4, -0.2) is 92.7 Å². The highest BCUT2D eigenvalue weighted by Crippen LogP contribution is 2.39. The zero-order chi connectivity index (χ0) is 37.5. The lowest BCUT2D eigenvalue weighted by Gasteiger charge is -2.54. The molecule has 53 heavy (non-hydrogen) atoms. The molecule has 3 aliphatic heterocycles. The fourth-order valence-electron chi connectivity index (χ4n) is 7.65. The van der Waals surface area contributed by atoms with Crippen LogP contribution in [0.15, 0.2) is 42.9 Å². The number of fused-ring (bicyclic) bond motifs is 1. The van der Waals surface area contributed by atoms with Crippen LogP contribution in [-0.2, 0) is 9.47 Å². The summed E-state index contributed by atoms with van der Waals surface area (Å²) in [7, 11) is 0. The van der Waals surface area contributed by atoms with Crippen LogP contribution in [0.3, 0.4) is 0 Å². The van der Waals surface area contributed by atoms with E-state index in [2.05, 4.69) is 14.9 Å². The first-order chi connectivity index (χ1) is 25.3. The number of pyridine rings is 2. The molecule has 1 aromatic carbocycles. The molecule has 14 heteroatoms. The Labute approximate surface area is 320 Å². The molecular weight excluding hydrogens is 720 g/mol. The highest BCUT2D eigenvalue weighted by Gasteiger charge is 2.48. The Morgan fingerprint density at radius 3 is 2.49 bits per heavy atom. The zero-order valence-electron chi connectivity index (χ0n) is 31.1. The van der Waals surface area contributed by atoms with Crippen molar-refractivity contribution in [3.8, 4) is 17.0 Å². The zero-order valence-corrected chi connectivity index (χ0v) is 32.6. The average Bonchev–Trinajstić information content (AvgIpc) is 3.75. The van der Waals surface area contributed by atoms with E-state index in [1.54, 1.807) is 6.20 Å². The maximum absolute atomic E-state index is 16.1. The Balaban J connectivity index is 1.15. The Kier molecular flexibility index (Phi) is 10.8.